The van der Waals surface area contributed by atoms with Crippen molar-refractivity contribution in [3.05, 3.63) is 58.6 Å². The molecule has 0 aliphatic carbocycles. The van der Waals surface area contributed by atoms with Gasteiger partial charge < -0.3 is 9.47 Å². The Balaban J connectivity index is 1.64. The summed E-state index contributed by atoms with van der Waals surface area (Å²) < 4.78 is 10.9. The average Bonchev–Trinajstić information content (AvgIpc) is 2.62. The van der Waals surface area contributed by atoms with Gasteiger partial charge in [0.2, 0.25) is 5.91 Å². The zero-order chi connectivity index (χ0) is 18.9. The number of carbonyl (C=O) groups excluding carboxylic acids is 2. The van der Waals surface area contributed by atoms with Crippen LogP contribution in [0, 0.1) is 13.8 Å². The molecule has 6 nitrogen and oxygen atoms in total. The van der Waals surface area contributed by atoms with Gasteiger partial charge in [-0.1, -0.05) is 23.7 Å². The van der Waals surface area contributed by atoms with Gasteiger partial charge in [0.25, 0.3) is 5.91 Å². The van der Waals surface area contributed by atoms with Gasteiger partial charge in [-0.15, -0.1) is 0 Å². The first kappa shape index (κ1) is 19.6. The lowest BCUT2D eigenvalue weighted by Crippen LogP contribution is -2.44. The molecule has 0 saturated heterocycles. The van der Waals surface area contributed by atoms with E-state index in [1.165, 1.54) is 0 Å². The molecule has 0 aliphatic heterocycles. The number of ether oxygens (including phenoxy) is 2. The smallest absolute Gasteiger partial charge is 0.276 e. The Morgan fingerprint density at radius 1 is 0.962 bits per heavy atom. The van der Waals surface area contributed by atoms with Gasteiger partial charge in [-0.25, -0.2) is 0 Å². The summed E-state index contributed by atoms with van der Waals surface area (Å²) in [5, 5.41) is 0.612. The van der Waals surface area contributed by atoms with Crippen molar-refractivity contribution in [2.45, 2.75) is 20.3 Å². The third-order valence-electron chi connectivity index (χ3n) is 3.46. The first-order valence-electron chi connectivity index (χ1n) is 8.10. The van der Waals surface area contributed by atoms with Crippen molar-refractivity contribution in [2.75, 3.05) is 13.2 Å². The Morgan fingerprint density at radius 3 is 2.38 bits per heavy atom. The second-order valence-electron chi connectivity index (χ2n) is 5.71. The van der Waals surface area contributed by atoms with Crippen LogP contribution in [0.25, 0.3) is 0 Å². The van der Waals surface area contributed by atoms with Crippen LogP contribution in [0.4, 0.5) is 0 Å². The summed E-state index contributed by atoms with van der Waals surface area (Å²) in [6.45, 7) is 3.84. The van der Waals surface area contributed by atoms with Gasteiger partial charge in [-0.05, 0) is 55.3 Å². The first-order chi connectivity index (χ1) is 12.4. The van der Waals surface area contributed by atoms with Gasteiger partial charge in [0, 0.05) is 5.02 Å². The lowest BCUT2D eigenvalue weighted by Gasteiger charge is -2.11. The fourth-order valence-electron chi connectivity index (χ4n) is 2.04. The molecule has 0 aromatic heterocycles. The molecule has 0 saturated carbocycles. The molecule has 0 atom stereocenters. The van der Waals surface area contributed by atoms with E-state index >= 15 is 0 Å². The Bertz CT molecular complexity index is 763. The fourth-order valence-corrected chi connectivity index (χ4v) is 2.16. The van der Waals surface area contributed by atoms with E-state index in [0.717, 1.165) is 11.1 Å². The lowest BCUT2D eigenvalue weighted by molar-refractivity contribution is -0.130. The number of rotatable bonds is 7. The zero-order valence-electron chi connectivity index (χ0n) is 14.7. The maximum absolute atomic E-state index is 11.7. The number of hydrazine groups is 1. The molecule has 2 amide bonds. The predicted molar refractivity (Wildman–Crippen MR) is 99.3 cm³/mol. The van der Waals surface area contributed by atoms with Crippen LogP contribution in [-0.4, -0.2) is 25.0 Å². The maximum Gasteiger partial charge on any atom is 0.276 e. The highest BCUT2D eigenvalue weighted by Crippen LogP contribution is 2.18. The number of hydrogen-bond donors (Lipinski definition) is 2. The van der Waals surface area contributed by atoms with Crippen LogP contribution in [0.1, 0.15) is 17.5 Å². The highest BCUT2D eigenvalue weighted by molar-refractivity contribution is 6.30. The molecular weight excluding hydrogens is 356 g/mol. The van der Waals surface area contributed by atoms with Gasteiger partial charge in [0.15, 0.2) is 6.61 Å². The normalized spacial score (nSPS) is 10.1. The molecule has 2 aromatic rings. The summed E-state index contributed by atoms with van der Waals surface area (Å²) in [7, 11) is 0. The number of carbonyl (C=O) groups is 2. The third kappa shape index (κ3) is 6.64. The molecule has 0 aliphatic rings. The number of halogens is 1. The number of aryl methyl sites for hydroxylation is 2. The Kier molecular flexibility index (Phi) is 7.29. The summed E-state index contributed by atoms with van der Waals surface area (Å²) in [5.74, 6) is 0.452. The molecule has 0 bridgehead atoms. The summed E-state index contributed by atoms with van der Waals surface area (Å²) >= 11 is 5.78. The van der Waals surface area contributed by atoms with E-state index in [9.17, 15) is 9.59 Å². The van der Waals surface area contributed by atoms with Gasteiger partial charge in [-0.2, -0.15) is 0 Å². The maximum atomic E-state index is 11.7. The van der Waals surface area contributed by atoms with Gasteiger partial charge >= 0.3 is 0 Å². The molecule has 138 valence electrons. The average molecular weight is 377 g/mol. The summed E-state index contributed by atoms with van der Waals surface area (Å²) in [5.41, 5.74) is 6.61. The summed E-state index contributed by atoms with van der Waals surface area (Å²) in [6, 6.07) is 12.6. The molecule has 0 spiro atoms. The van der Waals surface area contributed by atoms with Crippen LogP contribution in [0.15, 0.2) is 42.5 Å². The number of benzene rings is 2. The predicted octanol–water partition coefficient (Wildman–Crippen LogP) is 2.95. The van der Waals surface area contributed by atoms with E-state index in [1.54, 1.807) is 24.3 Å². The highest BCUT2D eigenvalue weighted by atomic mass is 35.5. The Labute approximate surface area is 157 Å². The fraction of sp³-hybridized carbons (Fsp3) is 0.263. The Morgan fingerprint density at radius 2 is 1.65 bits per heavy atom. The lowest BCUT2D eigenvalue weighted by atomic mass is 10.1. The molecule has 0 radical (unpaired) electrons. The monoisotopic (exact) mass is 376 g/mol. The van der Waals surface area contributed by atoms with Crippen LogP contribution in [0.3, 0.4) is 0 Å². The SMILES string of the molecule is Cc1ccc(C)c(OCC(=O)NNC(=O)CCOc2ccc(Cl)cc2)c1. The first-order valence-corrected chi connectivity index (χ1v) is 8.48. The van der Waals surface area contributed by atoms with E-state index in [4.69, 9.17) is 21.1 Å². The molecule has 2 N–H and O–H groups in total. The van der Waals surface area contributed by atoms with Crippen LogP contribution in [-0.2, 0) is 9.59 Å². The quantitative estimate of drug-likeness (QED) is 0.728. The van der Waals surface area contributed by atoms with Crippen LogP contribution < -0.4 is 20.3 Å². The van der Waals surface area contributed by atoms with Crippen LogP contribution >= 0.6 is 11.6 Å². The minimum Gasteiger partial charge on any atom is -0.493 e. The molecule has 26 heavy (non-hydrogen) atoms. The molecule has 2 rings (SSSR count). The molecule has 2 aromatic carbocycles. The molecule has 7 heteroatoms. The minimum absolute atomic E-state index is 0.0980. The summed E-state index contributed by atoms with van der Waals surface area (Å²) in [6.07, 6.45) is 0.0980. The Hall–Kier alpha value is -2.73. The van der Waals surface area contributed by atoms with E-state index in [1.807, 2.05) is 32.0 Å². The number of hydrogen-bond acceptors (Lipinski definition) is 4. The van der Waals surface area contributed by atoms with Crippen molar-refractivity contribution < 1.29 is 19.1 Å². The summed E-state index contributed by atoms with van der Waals surface area (Å²) in [4.78, 5) is 23.4. The second-order valence-corrected chi connectivity index (χ2v) is 6.14. The van der Waals surface area contributed by atoms with Crippen molar-refractivity contribution >= 4 is 23.4 Å². The molecule has 0 heterocycles. The van der Waals surface area contributed by atoms with Crippen molar-refractivity contribution in [1.82, 2.24) is 10.9 Å². The van der Waals surface area contributed by atoms with E-state index in [0.29, 0.717) is 16.5 Å². The van der Waals surface area contributed by atoms with Gasteiger partial charge in [-0.3, -0.25) is 20.4 Å². The van der Waals surface area contributed by atoms with Gasteiger partial charge in [0.1, 0.15) is 11.5 Å². The van der Waals surface area contributed by atoms with E-state index < -0.39 is 5.91 Å². The molecular formula is C19H21ClN2O4. The van der Waals surface area contributed by atoms with E-state index in [2.05, 4.69) is 10.9 Å². The second kappa shape index (κ2) is 9.68. The van der Waals surface area contributed by atoms with Crippen LogP contribution in [0.2, 0.25) is 5.02 Å². The van der Waals surface area contributed by atoms with Gasteiger partial charge in [0.05, 0.1) is 13.0 Å². The minimum atomic E-state index is -0.446. The standard InChI is InChI=1S/C19H21ClN2O4/c1-13-3-4-14(2)17(11-13)26-12-19(24)22-21-18(23)9-10-25-16-7-5-15(20)6-8-16/h3-8,11H,9-10,12H2,1-2H3,(H,21,23)(H,22,24). The largest absolute Gasteiger partial charge is 0.493 e. The van der Waals surface area contributed by atoms with Crippen molar-refractivity contribution in [1.29, 1.82) is 0 Å². The highest BCUT2D eigenvalue weighted by Gasteiger charge is 2.07. The molecule has 0 unspecified atom stereocenters. The van der Waals surface area contributed by atoms with Crippen molar-refractivity contribution in [3.8, 4) is 11.5 Å². The van der Waals surface area contributed by atoms with Crippen molar-refractivity contribution in [3.63, 3.8) is 0 Å². The topological polar surface area (TPSA) is 76.7 Å². The van der Waals surface area contributed by atoms with Crippen molar-refractivity contribution in [2.24, 2.45) is 0 Å². The number of nitrogens with one attached hydrogen (secondary N) is 2. The number of amides is 2. The molecule has 0 fully saturated rings. The van der Waals surface area contributed by atoms with E-state index in [-0.39, 0.29) is 25.5 Å². The zero-order valence-corrected chi connectivity index (χ0v) is 15.4. The third-order valence-corrected chi connectivity index (χ3v) is 3.71. The van der Waals surface area contributed by atoms with Crippen LogP contribution in [0.5, 0.6) is 11.5 Å².